The number of carbonyl (C=O) groups is 1. The Morgan fingerprint density at radius 3 is 2.50 bits per heavy atom. The lowest BCUT2D eigenvalue weighted by atomic mass is 10.1. The van der Waals surface area contributed by atoms with Crippen LogP contribution in [0.1, 0.15) is 21.6 Å². The maximum atomic E-state index is 12.2. The van der Waals surface area contributed by atoms with Crippen LogP contribution in [0.15, 0.2) is 36.4 Å². The van der Waals surface area contributed by atoms with Crippen molar-refractivity contribution in [1.82, 2.24) is 4.98 Å². The van der Waals surface area contributed by atoms with E-state index in [1.54, 1.807) is 31.2 Å². The zero-order valence-corrected chi connectivity index (χ0v) is 13.4. The molecule has 6 nitrogen and oxygen atoms in total. The monoisotopic (exact) mass is 319 g/mol. The van der Waals surface area contributed by atoms with Crippen LogP contribution < -0.4 is 10.0 Å². The fraction of sp³-hybridized carbons (Fsp3) is 0.200. The van der Waals surface area contributed by atoms with Crippen molar-refractivity contribution in [3.8, 4) is 0 Å². The van der Waals surface area contributed by atoms with E-state index in [1.165, 1.54) is 6.07 Å². The average Bonchev–Trinajstić information content (AvgIpc) is 2.39. The predicted molar refractivity (Wildman–Crippen MR) is 86.6 cm³/mol. The summed E-state index contributed by atoms with van der Waals surface area (Å²) >= 11 is 0. The van der Waals surface area contributed by atoms with Gasteiger partial charge in [0, 0.05) is 11.3 Å². The van der Waals surface area contributed by atoms with Gasteiger partial charge < -0.3 is 5.32 Å². The van der Waals surface area contributed by atoms with Crippen LogP contribution in [0.5, 0.6) is 0 Å². The van der Waals surface area contributed by atoms with Gasteiger partial charge in [-0.2, -0.15) is 0 Å². The van der Waals surface area contributed by atoms with E-state index in [4.69, 9.17) is 0 Å². The second-order valence-electron chi connectivity index (χ2n) is 5.02. The van der Waals surface area contributed by atoms with Gasteiger partial charge >= 0.3 is 0 Å². The maximum Gasteiger partial charge on any atom is 0.256 e. The molecule has 0 saturated heterocycles. The molecule has 0 aliphatic heterocycles. The minimum absolute atomic E-state index is 0.347. The number of nitrogens with one attached hydrogen (secondary N) is 2. The van der Waals surface area contributed by atoms with E-state index in [0.717, 1.165) is 17.5 Å². The fourth-order valence-electron chi connectivity index (χ4n) is 1.87. The third kappa shape index (κ3) is 4.29. The largest absolute Gasteiger partial charge is 0.307 e. The van der Waals surface area contributed by atoms with Crippen molar-refractivity contribution in [1.29, 1.82) is 0 Å². The topological polar surface area (TPSA) is 88.2 Å². The van der Waals surface area contributed by atoms with Crippen LogP contribution in [0, 0.1) is 13.8 Å². The van der Waals surface area contributed by atoms with Crippen molar-refractivity contribution in [2.24, 2.45) is 0 Å². The summed E-state index contributed by atoms with van der Waals surface area (Å²) in [6, 6.07) is 10.1. The highest BCUT2D eigenvalue weighted by molar-refractivity contribution is 7.92. The molecule has 1 heterocycles. The SMILES string of the molecule is Cc1cccc(NC(=O)c2ccc(C)c(NS(C)(=O)=O)c2)n1. The molecule has 2 rings (SSSR count). The second kappa shape index (κ2) is 6.15. The van der Waals surface area contributed by atoms with E-state index in [2.05, 4.69) is 15.0 Å². The summed E-state index contributed by atoms with van der Waals surface area (Å²) in [5, 5.41) is 2.68. The Labute approximate surface area is 129 Å². The third-order valence-electron chi connectivity index (χ3n) is 2.93. The number of aryl methyl sites for hydroxylation is 2. The van der Waals surface area contributed by atoms with Gasteiger partial charge in [0.05, 0.1) is 11.9 Å². The Morgan fingerprint density at radius 2 is 1.86 bits per heavy atom. The minimum Gasteiger partial charge on any atom is -0.307 e. The van der Waals surface area contributed by atoms with E-state index in [-0.39, 0.29) is 5.91 Å². The molecule has 7 heteroatoms. The molecule has 1 amide bonds. The molecule has 0 atom stereocenters. The Kier molecular flexibility index (Phi) is 4.46. The van der Waals surface area contributed by atoms with Gasteiger partial charge in [0.2, 0.25) is 10.0 Å². The van der Waals surface area contributed by atoms with Crippen molar-refractivity contribution < 1.29 is 13.2 Å². The van der Waals surface area contributed by atoms with E-state index < -0.39 is 10.0 Å². The standard InChI is InChI=1S/C15H17N3O3S/c1-10-7-8-12(9-13(10)18-22(3,20)21)15(19)17-14-6-4-5-11(2)16-14/h4-9,18H,1-3H3,(H,16,17,19). The average molecular weight is 319 g/mol. The van der Waals surface area contributed by atoms with Crippen LogP contribution in [0.4, 0.5) is 11.5 Å². The molecule has 0 spiro atoms. The number of hydrogen-bond donors (Lipinski definition) is 2. The molecule has 116 valence electrons. The highest BCUT2D eigenvalue weighted by Gasteiger charge is 2.11. The van der Waals surface area contributed by atoms with Crippen LogP contribution >= 0.6 is 0 Å². The molecule has 0 bridgehead atoms. The first-order chi connectivity index (χ1) is 10.2. The first-order valence-electron chi connectivity index (χ1n) is 6.58. The van der Waals surface area contributed by atoms with Crippen molar-refractivity contribution >= 4 is 27.4 Å². The second-order valence-corrected chi connectivity index (χ2v) is 6.77. The number of anilines is 2. The Hall–Kier alpha value is -2.41. The number of sulfonamides is 1. The van der Waals surface area contributed by atoms with Crippen molar-refractivity contribution in [3.63, 3.8) is 0 Å². The van der Waals surface area contributed by atoms with Gasteiger partial charge in [-0.1, -0.05) is 12.1 Å². The quantitative estimate of drug-likeness (QED) is 0.905. The third-order valence-corrected chi connectivity index (χ3v) is 3.52. The highest BCUT2D eigenvalue weighted by Crippen LogP contribution is 2.19. The maximum absolute atomic E-state index is 12.2. The summed E-state index contributed by atoms with van der Waals surface area (Å²) in [6.45, 7) is 3.59. The Bertz CT molecular complexity index is 817. The summed E-state index contributed by atoms with van der Waals surface area (Å²) in [6.07, 6.45) is 1.07. The number of hydrogen-bond acceptors (Lipinski definition) is 4. The van der Waals surface area contributed by atoms with Crippen LogP contribution in [-0.4, -0.2) is 25.6 Å². The number of benzene rings is 1. The summed E-state index contributed by atoms with van der Waals surface area (Å²) < 4.78 is 25.1. The van der Waals surface area contributed by atoms with Crippen molar-refractivity contribution in [3.05, 3.63) is 53.2 Å². The minimum atomic E-state index is -3.40. The van der Waals surface area contributed by atoms with E-state index in [9.17, 15) is 13.2 Å². The smallest absolute Gasteiger partial charge is 0.256 e. The molecule has 1 aromatic carbocycles. The molecular weight excluding hydrogens is 302 g/mol. The van der Waals surface area contributed by atoms with Crippen molar-refractivity contribution in [2.75, 3.05) is 16.3 Å². The van der Waals surface area contributed by atoms with Gasteiger partial charge in [0.25, 0.3) is 5.91 Å². The van der Waals surface area contributed by atoms with Crippen molar-refractivity contribution in [2.45, 2.75) is 13.8 Å². The summed E-state index contributed by atoms with van der Waals surface area (Å²) in [7, 11) is -3.40. The molecule has 0 aliphatic carbocycles. The van der Waals surface area contributed by atoms with Crippen LogP contribution in [0.2, 0.25) is 0 Å². The van der Waals surface area contributed by atoms with Gasteiger partial charge in [0.1, 0.15) is 5.82 Å². The molecule has 1 aromatic heterocycles. The molecule has 0 unspecified atom stereocenters. The summed E-state index contributed by atoms with van der Waals surface area (Å²) in [4.78, 5) is 16.4. The molecule has 0 fully saturated rings. The number of amides is 1. The Balaban J connectivity index is 2.25. The van der Waals surface area contributed by atoms with Gasteiger partial charge in [-0.15, -0.1) is 0 Å². The zero-order valence-electron chi connectivity index (χ0n) is 12.5. The van der Waals surface area contributed by atoms with Crippen LogP contribution in [0.3, 0.4) is 0 Å². The predicted octanol–water partition coefficient (Wildman–Crippen LogP) is 2.32. The van der Waals surface area contributed by atoms with E-state index in [1.807, 2.05) is 13.0 Å². The lowest BCUT2D eigenvalue weighted by molar-refractivity contribution is 0.102. The number of pyridine rings is 1. The lowest BCUT2D eigenvalue weighted by Crippen LogP contribution is -2.15. The number of carbonyl (C=O) groups excluding carboxylic acids is 1. The highest BCUT2D eigenvalue weighted by atomic mass is 32.2. The zero-order chi connectivity index (χ0) is 16.3. The number of rotatable bonds is 4. The summed E-state index contributed by atoms with van der Waals surface area (Å²) in [5.41, 5.74) is 2.25. The molecular formula is C15H17N3O3S. The molecule has 2 aromatic rings. The molecule has 2 N–H and O–H groups in total. The molecule has 0 aliphatic rings. The van der Waals surface area contributed by atoms with Gasteiger partial charge in [-0.3, -0.25) is 9.52 Å². The first kappa shape index (κ1) is 16.0. The normalized spacial score (nSPS) is 11.0. The lowest BCUT2D eigenvalue weighted by Gasteiger charge is -2.10. The van der Waals surface area contributed by atoms with Crippen LogP contribution in [0.25, 0.3) is 0 Å². The Morgan fingerprint density at radius 1 is 1.14 bits per heavy atom. The van der Waals surface area contributed by atoms with Gasteiger partial charge in [-0.05, 0) is 43.7 Å². The number of aromatic nitrogens is 1. The fourth-order valence-corrected chi connectivity index (χ4v) is 2.49. The van der Waals surface area contributed by atoms with Gasteiger partial charge in [0.15, 0.2) is 0 Å². The molecule has 0 radical (unpaired) electrons. The van der Waals surface area contributed by atoms with E-state index in [0.29, 0.717) is 17.1 Å². The van der Waals surface area contributed by atoms with Crippen LogP contribution in [-0.2, 0) is 10.0 Å². The molecule has 22 heavy (non-hydrogen) atoms. The van der Waals surface area contributed by atoms with E-state index >= 15 is 0 Å². The molecule has 0 saturated carbocycles. The number of nitrogens with zero attached hydrogens (tertiary/aromatic N) is 1. The summed E-state index contributed by atoms with van der Waals surface area (Å²) in [5.74, 6) is 0.0952. The first-order valence-corrected chi connectivity index (χ1v) is 8.47. The van der Waals surface area contributed by atoms with Gasteiger partial charge in [-0.25, -0.2) is 13.4 Å².